The van der Waals surface area contributed by atoms with Crippen molar-refractivity contribution in [2.75, 3.05) is 20.2 Å². The fraction of sp³-hybridized carbons (Fsp3) is 0.417. The number of rotatable bonds is 6. The molecule has 1 aliphatic heterocycles. The summed E-state index contributed by atoms with van der Waals surface area (Å²) in [5.74, 6) is -0.517. The molecule has 2 fully saturated rings. The van der Waals surface area contributed by atoms with Crippen LogP contribution in [-0.2, 0) is 16.0 Å². The van der Waals surface area contributed by atoms with Crippen LogP contribution in [0.25, 0.3) is 0 Å². The van der Waals surface area contributed by atoms with Gasteiger partial charge in [0.1, 0.15) is 11.5 Å². The Morgan fingerprint density at radius 1 is 1.12 bits per heavy atom. The second-order valence-corrected chi connectivity index (χ2v) is 11.0. The minimum atomic E-state index is -1.78. The maximum absolute atomic E-state index is 13.7. The summed E-state index contributed by atoms with van der Waals surface area (Å²) in [6.45, 7) is 1.70. The minimum Gasteiger partial charge on any atom is -0.611 e. The van der Waals surface area contributed by atoms with Gasteiger partial charge in [0.15, 0.2) is 4.90 Å². The number of ether oxygens (including phenoxy) is 2. The van der Waals surface area contributed by atoms with Gasteiger partial charge in [-0.15, -0.1) is 0 Å². The number of carbonyl (C=O) groups is 2. The highest BCUT2D eigenvalue weighted by Gasteiger charge is 2.60. The lowest BCUT2D eigenvalue weighted by atomic mass is 9.77. The summed E-state index contributed by atoms with van der Waals surface area (Å²) in [7, 11) is 1.53. The van der Waals surface area contributed by atoms with Crippen molar-refractivity contribution in [3.63, 3.8) is 0 Å². The predicted octanol–water partition coefficient (Wildman–Crippen LogP) is 3.47. The summed E-state index contributed by atoms with van der Waals surface area (Å²) < 4.78 is 23.0. The van der Waals surface area contributed by atoms with Crippen molar-refractivity contribution in [2.24, 2.45) is 5.41 Å². The number of halogens is 1. The van der Waals surface area contributed by atoms with Crippen molar-refractivity contribution >= 4 is 34.7 Å². The number of hydrogen-bond donors (Lipinski definition) is 3. The van der Waals surface area contributed by atoms with Gasteiger partial charge in [0.2, 0.25) is 4.75 Å². The molecule has 8 nitrogen and oxygen atoms in total. The molecule has 1 heterocycles. The zero-order valence-electron chi connectivity index (χ0n) is 18.8. The van der Waals surface area contributed by atoms with E-state index >= 15 is 0 Å². The van der Waals surface area contributed by atoms with Crippen LogP contribution in [0.3, 0.4) is 0 Å². The number of benzene rings is 2. The van der Waals surface area contributed by atoms with Gasteiger partial charge in [0, 0.05) is 30.1 Å². The molecule has 2 atom stereocenters. The van der Waals surface area contributed by atoms with Gasteiger partial charge in [-0.3, -0.25) is 10.0 Å². The van der Waals surface area contributed by atoms with Gasteiger partial charge in [0.25, 0.3) is 5.91 Å². The van der Waals surface area contributed by atoms with Crippen LogP contribution >= 0.6 is 11.6 Å². The lowest BCUT2D eigenvalue weighted by Crippen LogP contribution is -2.51. The van der Waals surface area contributed by atoms with Crippen LogP contribution in [0.4, 0.5) is 0 Å². The molecule has 2 aromatic rings. The van der Waals surface area contributed by atoms with Gasteiger partial charge < -0.3 is 19.3 Å². The summed E-state index contributed by atoms with van der Waals surface area (Å²) in [5.41, 5.74) is 1.98. The fourth-order valence-corrected chi connectivity index (χ4v) is 7.05. The van der Waals surface area contributed by atoms with Crippen LogP contribution in [0.5, 0.6) is 11.5 Å². The van der Waals surface area contributed by atoms with Gasteiger partial charge in [-0.2, -0.15) is 0 Å². The van der Waals surface area contributed by atoms with Crippen molar-refractivity contribution in [2.45, 2.75) is 41.7 Å². The summed E-state index contributed by atoms with van der Waals surface area (Å²) >= 11 is 4.59. The smallest absolute Gasteiger partial charge is 0.343 e. The number of methoxy groups -OCH3 is 1. The monoisotopic (exact) mass is 506 g/mol. The molecule has 1 spiro atoms. The third kappa shape index (κ3) is 4.76. The number of amides is 1. The third-order valence-electron chi connectivity index (χ3n) is 6.90. The van der Waals surface area contributed by atoms with E-state index in [1.165, 1.54) is 19.2 Å². The first-order valence-corrected chi connectivity index (χ1v) is 12.6. The standard InChI is InChI=1S/C24H27ClN2O6S/c1-32-17-4-2-16(3-5-17)21(28)33-20-7-6-18(14-19(20)25)34(31)24(22(29)27-30)9-8-23(15-24)10-12-26-13-11-23/h2-7,14,26,30H,8-13,15H2,1H3,(H,27,29). The molecule has 1 saturated carbocycles. The molecule has 182 valence electrons. The summed E-state index contributed by atoms with van der Waals surface area (Å²) in [5, 5.41) is 12.9. The molecule has 0 bridgehead atoms. The first-order chi connectivity index (χ1) is 16.3. The van der Waals surface area contributed by atoms with E-state index in [1.807, 2.05) is 0 Å². The molecular weight excluding hydrogens is 480 g/mol. The number of hydroxylamine groups is 1. The highest BCUT2D eigenvalue weighted by atomic mass is 35.5. The lowest BCUT2D eigenvalue weighted by Gasteiger charge is -2.36. The normalized spacial score (nSPS) is 22.2. The Bertz CT molecular complexity index is 1060. The molecule has 0 radical (unpaired) electrons. The second-order valence-electron chi connectivity index (χ2n) is 8.84. The molecule has 0 aromatic heterocycles. The molecule has 2 unspecified atom stereocenters. The number of hydrogen-bond acceptors (Lipinski definition) is 7. The highest BCUT2D eigenvalue weighted by Crippen LogP contribution is 2.54. The molecular formula is C24H27ClN2O6S. The van der Waals surface area contributed by atoms with Gasteiger partial charge in [0.05, 0.1) is 17.7 Å². The summed E-state index contributed by atoms with van der Waals surface area (Å²) in [4.78, 5) is 25.6. The van der Waals surface area contributed by atoms with Gasteiger partial charge in [-0.05, 0) is 74.2 Å². The van der Waals surface area contributed by atoms with E-state index in [9.17, 15) is 19.3 Å². The molecule has 1 amide bonds. The Kier molecular flexibility index (Phi) is 7.39. The molecule has 2 aliphatic rings. The Morgan fingerprint density at radius 2 is 1.82 bits per heavy atom. The average molecular weight is 507 g/mol. The quantitative estimate of drug-likeness (QED) is 0.180. The zero-order chi connectivity index (χ0) is 24.3. The van der Waals surface area contributed by atoms with Crippen LogP contribution < -0.4 is 20.3 Å². The van der Waals surface area contributed by atoms with E-state index in [2.05, 4.69) is 5.32 Å². The molecule has 1 saturated heterocycles. The molecule has 10 heteroatoms. The van der Waals surface area contributed by atoms with Gasteiger partial charge in [-0.25, -0.2) is 10.3 Å². The minimum absolute atomic E-state index is 0.0783. The van der Waals surface area contributed by atoms with Crippen molar-refractivity contribution in [1.29, 1.82) is 0 Å². The van der Waals surface area contributed by atoms with E-state index in [-0.39, 0.29) is 16.2 Å². The maximum atomic E-state index is 13.7. The van der Waals surface area contributed by atoms with E-state index in [0.29, 0.717) is 29.1 Å². The van der Waals surface area contributed by atoms with E-state index in [1.54, 1.807) is 35.8 Å². The van der Waals surface area contributed by atoms with Crippen LogP contribution in [0.15, 0.2) is 47.4 Å². The summed E-state index contributed by atoms with van der Waals surface area (Å²) in [6, 6.07) is 10.9. The molecule has 2 aromatic carbocycles. The highest BCUT2D eigenvalue weighted by molar-refractivity contribution is 7.93. The van der Waals surface area contributed by atoms with E-state index in [0.717, 1.165) is 32.4 Å². The molecule has 34 heavy (non-hydrogen) atoms. The number of nitrogens with one attached hydrogen (secondary N) is 2. The fourth-order valence-electron chi connectivity index (χ4n) is 4.96. The lowest BCUT2D eigenvalue weighted by molar-refractivity contribution is -0.132. The number of esters is 1. The van der Waals surface area contributed by atoms with Crippen molar-refractivity contribution in [3.8, 4) is 11.5 Å². The first kappa shape index (κ1) is 24.8. The van der Waals surface area contributed by atoms with Crippen molar-refractivity contribution in [3.05, 3.63) is 53.1 Å². The van der Waals surface area contributed by atoms with Crippen LogP contribution in [0, 0.1) is 5.41 Å². The zero-order valence-corrected chi connectivity index (χ0v) is 20.3. The average Bonchev–Trinajstić information content (AvgIpc) is 3.24. The molecule has 4 rings (SSSR count). The number of carbonyl (C=O) groups excluding carboxylic acids is 2. The van der Waals surface area contributed by atoms with Crippen LogP contribution in [0.2, 0.25) is 5.02 Å². The number of piperidine rings is 1. The van der Waals surface area contributed by atoms with Gasteiger partial charge >= 0.3 is 5.97 Å². The second kappa shape index (κ2) is 10.1. The maximum Gasteiger partial charge on any atom is 0.343 e. The molecule has 1 aliphatic carbocycles. The van der Waals surface area contributed by atoms with Gasteiger partial charge in [-0.1, -0.05) is 11.6 Å². The van der Waals surface area contributed by atoms with Crippen molar-refractivity contribution in [1.82, 2.24) is 10.8 Å². The topological polar surface area (TPSA) is 120 Å². The van der Waals surface area contributed by atoms with Crippen LogP contribution in [0.1, 0.15) is 42.5 Å². The Morgan fingerprint density at radius 3 is 2.44 bits per heavy atom. The van der Waals surface area contributed by atoms with E-state index < -0.39 is 27.8 Å². The third-order valence-corrected chi connectivity index (χ3v) is 9.12. The Labute approximate surface area is 206 Å². The SMILES string of the molecule is COc1ccc(C(=O)Oc2ccc([S+]([O-])C3(C(=O)NO)CCC4(CCNCC4)C3)cc2Cl)cc1. The Hall–Kier alpha value is -2.30. The molecule has 3 N–H and O–H groups in total. The van der Waals surface area contributed by atoms with Crippen LogP contribution in [-0.4, -0.2) is 46.6 Å². The van der Waals surface area contributed by atoms with Crippen molar-refractivity contribution < 1.29 is 28.8 Å². The largest absolute Gasteiger partial charge is 0.611 e. The Balaban J connectivity index is 1.54. The predicted molar refractivity (Wildman–Crippen MR) is 127 cm³/mol. The summed E-state index contributed by atoms with van der Waals surface area (Å²) in [6.07, 6.45) is 3.38. The first-order valence-electron chi connectivity index (χ1n) is 11.1. The van der Waals surface area contributed by atoms with E-state index in [4.69, 9.17) is 21.1 Å².